The van der Waals surface area contributed by atoms with E-state index in [4.69, 9.17) is 10.5 Å². The van der Waals surface area contributed by atoms with Gasteiger partial charge in [-0.25, -0.2) is 4.79 Å². The van der Waals surface area contributed by atoms with Gasteiger partial charge in [-0.2, -0.15) is 0 Å². The van der Waals surface area contributed by atoms with Crippen LogP contribution in [-0.2, 0) is 11.3 Å². The molecule has 1 aromatic carbocycles. The fourth-order valence-electron chi connectivity index (χ4n) is 3.04. The lowest BCUT2D eigenvalue weighted by molar-refractivity contribution is 0.101. The summed E-state index contributed by atoms with van der Waals surface area (Å²) in [6.07, 6.45) is 4.68. The zero-order valence-electron chi connectivity index (χ0n) is 12.5. The van der Waals surface area contributed by atoms with E-state index in [0.29, 0.717) is 12.6 Å². The molecule has 2 amide bonds. The van der Waals surface area contributed by atoms with Gasteiger partial charge in [0.15, 0.2) is 0 Å². The minimum Gasteiger partial charge on any atom is -0.378 e. The molecule has 2 atom stereocenters. The van der Waals surface area contributed by atoms with Crippen LogP contribution in [0, 0.1) is 0 Å². The maximum absolute atomic E-state index is 11.6. The Balaban J connectivity index is 1.65. The molecule has 21 heavy (non-hydrogen) atoms. The van der Waals surface area contributed by atoms with Gasteiger partial charge in [0.25, 0.3) is 0 Å². The molecule has 3 N–H and O–H groups in total. The molecule has 5 nitrogen and oxygen atoms in total. The summed E-state index contributed by atoms with van der Waals surface area (Å²) in [5.41, 5.74) is 9.47. The van der Waals surface area contributed by atoms with Crippen molar-refractivity contribution in [2.75, 3.05) is 19.0 Å². The van der Waals surface area contributed by atoms with E-state index in [1.54, 1.807) is 11.9 Å². The topological polar surface area (TPSA) is 67.6 Å². The highest BCUT2D eigenvalue weighted by Gasteiger charge is 2.21. The standard InChI is InChI=1S/C16H23N3O2/c1-19-10-12-9-11(4-7-15(12)18-16(19)20)14(17)6-5-13-3-2-8-21-13/h4,7,9,13-14H,2-3,5-6,8,10,17H2,1H3,(H,18,20). The number of anilines is 1. The molecule has 3 rings (SSSR count). The van der Waals surface area contributed by atoms with Crippen LogP contribution in [0.1, 0.15) is 42.9 Å². The van der Waals surface area contributed by atoms with E-state index in [0.717, 1.165) is 42.7 Å². The van der Waals surface area contributed by atoms with Crippen LogP contribution in [0.2, 0.25) is 0 Å². The third-order valence-corrected chi connectivity index (χ3v) is 4.38. The Kier molecular flexibility index (Phi) is 4.12. The number of ether oxygens (including phenoxy) is 1. The third-order valence-electron chi connectivity index (χ3n) is 4.38. The molecule has 0 saturated carbocycles. The largest absolute Gasteiger partial charge is 0.378 e. The molecular formula is C16H23N3O2. The van der Waals surface area contributed by atoms with Gasteiger partial charge in [0.1, 0.15) is 0 Å². The van der Waals surface area contributed by atoms with Gasteiger partial charge in [-0.15, -0.1) is 0 Å². The second kappa shape index (κ2) is 6.03. The van der Waals surface area contributed by atoms with Crippen molar-refractivity contribution in [3.63, 3.8) is 0 Å². The summed E-state index contributed by atoms with van der Waals surface area (Å²) in [6, 6.07) is 6.07. The van der Waals surface area contributed by atoms with Gasteiger partial charge in [0.05, 0.1) is 6.10 Å². The highest BCUT2D eigenvalue weighted by Crippen LogP contribution is 2.28. The summed E-state index contributed by atoms with van der Waals surface area (Å²) in [7, 11) is 1.79. The smallest absolute Gasteiger partial charge is 0.321 e. The van der Waals surface area contributed by atoms with Crippen molar-refractivity contribution in [1.82, 2.24) is 4.90 Å². The van der Waals surface area contributed by atoms with Gasteiger partial charge in [-0.1, -0.05) is 12.1 Å². The predicted molar refractivity (Wildman–Crippen MR) is 82.1 cm³/mol. The number of benzene rings is 1. The fraction of sp³-hybridized carbons (Fsp3) is 0.562. The van der Waals surface area contributed by atoms with Crippen LogP contribution in [-0.4, -0.2) is 30.7 Å². The summed E-state index contributed by atoms with van der Waals surface area (Å²) in [5.74, 6) is 0. The zero-order chi connectivity index (χ0) is 14.8. The summed E-state index contributed by atoms with van der Waals surface area (Å²) in [5, 5.41) is 2.88. The minimum absolute atomic E-state index is 0.0300. The SMILES string of the molecule is CN1Cc2cc(C(N)CCC3CCCO3)ccc2NC1=O. The van der Waals surface area contributed by atoms with Crippen molar-refractivity contribution in [2.24, 2.45) is 5.73 Å². The molecule has 2 aliphatic rings. The molecule has 1 saturated heterocycles. The average Bonchev–Trinajstić information content (AvgIpc) is 2.99. The average molecular weight is 289 g/mol. The molecule has 1 aromatic rings. The van der Waals surface area contributed by atoms with Gasteiger partial charge in [-0.3, -0.25) is 0 Å². The number of nitrogens with two attached hydrogens (primary N) is 1. The molecule has 5 heteroatoms. The van der Waals surface area contributed by atoms with E-state index in [1.165, 1.54) is 6.42 Å². The maximum Gasteiger partial charge on any atom is 0.321 e. The summed E-state index contributed by atoms with van der Waals surface area (Å²) < 4.78 is 5.65. The van der Waals surface area contributed by atoms with Crippen molar-refractivity contribution >= 4 is 11.7 Å². The molecule has 0 aromatic heterocycles. The van der Waals surface area contributed by atoms with E-state index < -0.39 is 0 Å². The van der Waals surface area contributed by atoms with Crippen molar-refractivity contribution in [3.05, 3.63) is 29.3 Å². The van der Waals surface area contributed by atoms with Gasteiger partial charge >= 0.3 is 6.03 Å². The highest BCUT2D eigenvalue weighted by atomic mass is 16.5. The van der Waals surface area contributed by atoms with Crippen molar-refractivity contribution in [1.29, 1.82) is 0 Å². The molecule has 0 spiro atoms. The Morgan fingerprint density at radius 3 is 3.14 bits per heavy atom. The first-order valence-corrected chi connectivity index (χ1v) is 7.65. The third kappa shape index (κ3) is 3.19. The van der Waals surface area contributed by atoms with Crippen LogP contribution in [0.15, 0.2) is 18.2 Å². The van der Waals surface area contributed by atoms with Crippen molar-refractivity contribution in [3.8, 4) is 0 Å². The monoisotopic (exact) mass is 289 g/mol. The predicted octanol–water partition coefficient (Wildman–Crippen LogP) is 2.62. The maximum atomic E-state index is 11.6. The number of carbonyl (C=O) groups is 1. The molecule has 0 bridgehead atoms. The number of hydrogen-bond acceptors (Lipinski definition) is 3. The number of carbonyl (C=O) groups excluding carboxylic acids is 1. The summed E-state index contributed by atoms with van der Waals surface area (Å²) in [4.78, 5) is 13.3. The van der Waals surface area contributed by atoms with Gasteiger partial charge in [0, 0.05) is 31.9 Å². The Labute approximate surface area is 125 Å². The van der Waals surface area contributed by atoms with Gasteiger partial charge < -0.3 is 20.7 Å². The van der Waals surface area contributed by atoms with Crippen LogP contribution < -0.4 is 11.1 Å². The summed E-state index contributed by atoms with van der Waals surface area (Å²) >= 11 is 0. The number of fused-ring (bicyclic) bond motifs is 1. The Hall–Kier alpha value is -1.59. The van der Waals surface area contributed by atoms with Gasteiger partial charge in [0.2, 0.25) is 0 Å². The lowest BCUT2D eigenvalue weighted by atomic mass is 9.97. The van der Waals surface area contributed by atoms with Crippen LogP contribution in [0.3, 0.4) is 0 Å². The van der Waals surface area contributed by atoms with E-state index >= 15 is 0 Å². The minimum atomic E-state index is -0.0575. The number of hydrogen-bond donors (Lipinski definition) is 2. The lowest BCUT2D eigenvalue weighted by Gasteiger charge is -2.27. The Morgan fingerprint density at radius 2 is 2.38 bits per heavy atom. The van der Waals surface area contributed by atoms with Crippen LogP contribution >= 0.6 is 0 Å². The first kappa shape index (κ1) is 14.4. The zero-order valence-corrected chi connectivity index (χ0v) is 12.5. The molecule has 2 heterocycles. The molecule has 0 aliphatic carbocycles. The van der Waals surface area contributed by atoms with Crippen LogP contribution in [0.5, 0.6) is 0 Å². The lowest BCUT2D eigenvalue weighted by Crippen LogP contribution is -2.35. The number of amides is 2. The molecule has 2 unspecified atom stereocenters. The first-order valence-electron chi connectivity index (χ1n) is 7.65. The van der Waals surface area contributed by atoms with E-state index in [1.807, 2.05) is 12.1 Å². The summed E-state index contributed by atoms with van der Waals surface area (Å²) in [6.45, 7) is 1.53. The van der Waals surface area contributed by atoms with E-state index in [-0.39, 0.29) is 12.1 Å². The van der Waals surface area contributed by atoms with Crippen molar-refractivity contribution < 1.29 is 9.53 Å². The second-order valence-electron chi connectivity index (χ2n) is 6.02. The van der Waals surface area contributed by atoms with Crippen LogP contribution in [0.25, 0.3) is 0 Å². The quantitative estimate of drug-likeness (QED) is 0.895. The Morgan fingerprint density at radius 1 is 1.52 bits per heavy atom. The number of urea groups is 1. The van der Waals surface area contributed by atoms with Crippen molar-refractivity contribution in [2.45, 2.75) is 44.4 Å². The molecule has 114 valence electrons. The second-order valence-corrected chi connectivity index (χ2v) is 6.02. The number of nitrogens with one attached hydrogen (secondary N) is 1. The Bertz CT molecular complexity index is 526. The van der Waals surface area contributed by atoms with E-state index in [9.17, 15) is 4.79 Å². The molecule has 0 radical (unpaired) electrons. The first-order chi connectivity index (χ1) is 10.1. The highest BCUT2D eigenvalue weighted by molar-refractivity contribution is 5.92. The van der Waals surface area contributed by atoms with Crippen LogP contribution in [0.4, 0.5) is 10.5 Å². The molecule has 2 aliphatic heterocycles. The number of nitrogens with zero attached hydrogens (tertiary/aromatic N) is 1. The number of rotatable bonds is 4. The normalized spacial score (nSPS) is 22.9. The van der Waals surface area contributed by atoms with Gasteiger partial charge in [-0.05, 0) is 42.9 Å². The molecule has 1 fully saturated rings. The van der Waals surface area contributed by atoms with E-state index in [2.05, 4.69) is 11.4 Å². The molecular weight excluding hydrogens is 266 g/mol. The fourth-order valence-corrected chi connectivity index (χ4v) is 3.04.